The minimum Gasteiger partial charge on any atom is -0.465 e. The van der Waals surface area contributed by atoms with E-state index in [1.165, 1.54) is 38.8 Å². The van der Waals surface area contributed by atoms with Crippen LogP contribution in [0.4, 0.5) is 14.9 Å². The molecule has 132 valence electrons. The highest BCUT2D eigenvalue weighted by molar-refractivity contribution is 7.90. The minimum atomic E-state index is -3.77. The number of halogens is 1. The first-order chi connectivity index (χ1) is 11.2. The van der Waals surface area contributed by atoms with Gasteiger partial charge in [-0.1, -0.05) is 6.07 Å². The molecule has 2 unspecified atom stereocenters. The van der Waals surface area contributed by atoms with Crippen LogP contribution in [0.15, 0.2) is 24.3 Å². The van der Waals surface area contributed by atoms with Crippen LogP contribution in [-0.2, 0) is 10.2 Å². The molecule has 9 heteroatoms. The predicted molar refractivity (Wildman–Crippen MR) is 86.6 cm³/mol. The van der Waals surface area contributed by atoms with Gasteiger partial charge in [0.1, 0.15) is 5.82 Å². The number of likely N-dealkylation sites (tertiary alicyclic amines) is 1. The third kappa shape index (κ3) is 2.51. The normalized spacial score (nSPS) is 30.0. The van der Waals surface area contributed by atoms with Gasteiger partial charge in [-0.05, 0) is 38.0 Å². The molecular formula is C15H20FN3O4S. The zero-order valence-electron chi connectivity index (χ0n) is 13.5. The first kappa shape index (κ1) is 17.0. The molecule has 2 saturated heterocycles. The monoisotopic (exact) mass is 357 g/mol. The van der Waals surface area contributed by atoms with Crippen molar-refractivity contribution < 1.29 is 22.7 Å². The van der Waals surface area contributed by atoms with Crippen LogP contribution in [0.3, 0.4) is 0 Å². The van der Waals surface area contributed by atoms with Gasteiger partial charge in [-0.3, -0.25) is 0 Å². The van der Waals surface area contributed by atoms with Crippen molar-refractivity contribution in [3.05, 3.63) is 30.1 Å². The fourth-order valence-electron chi connectivity index (χ4n) is 3.88. The molecule has 0 bridgehead atoms. The second kappa shape index (κ2) is 5.59. The molecule has 0 aliphatic carbocycles. The summed E-state index contributed by atoms with van der Waals surface area (Å²) in [7, 11) is -2.28. The maximum absolute atomic E-state index is 13.6. The summed E-state index contributed by atoms with van der Waals surface area (Å²) in [6, 6.07) is 5.18. The van der Waals surface area contributed by atoms with Crippen molar-refractivity contribution in [2.24, 2.45) is 0 Å². The molecule has 0 radical (unpaired) electrons. The lowest BCUT2D eigenvalue weighted by Crippen LogP contribution is -2.58. The lowest BCUT2D eigenvalue weighted by molar-refractivity contribution is 0.0884. The van der Waals surface area contributed by atoms with Crippen molar-refractivity contribution >= 4 is 22.0 Å². The Morgan fingerprint density at radius 3 is 2.71 bits per heavy atom. The van der Waals surface area contributed by atoms with E-state index in [4.69, 9.17) is 0 Å². The maximum atomic E-state index is 13.6. The number of benzene rings is 1. The van der Waals surface area contributed by atoms with Gasteiger partial charge in [-0.15, -0.1) is 0 Å². The molecule has 0 aromatic heterocycles. The summed E-state index contributed by atoms with van der Waals surface area (Å²) < 4.78 is 41.8. The largest absolute Gasteiger partial charge is 0.465 e. The number of likely N-dealkylation sites (N-methyl/N-ethyl adjacent to an activating group) is 1. The molecule has 24 heavy (non-hydrogen) atoms. The topological polar surface area (TPSA) is 81.2 Å². The van der Waals surface area contributed by atoms with Crippen LogP contribution in [0, 0.1) is 5.82 Å². The molecule has 1 spiro atoms. The number of hydrogen-bond donors (Lipinski definition) is 1. The van der Waals surface area contributed by atoms with Gasteiger partial charge in [0, 0.05) is 26.2 Å². The number of piperidine rings is 1. The minimum absolute atomic E-state index is 0.242. The number of nitrogens with zero attached hydrogens (tertiary/aromatic N) is 3. The average molecular weight is 357 g/mol. The molecule has 1 amide bonds. The lowest BCUT2D eigenvalue weighted by Gasteiger charge is -2.46. The molecule has 3 rings (SSSR count). The molecule has 2 atom stereocenters. The van der Waals surface area contributed by atoms with Crippen LogP contribution in [0.2, 0.25) is 0 Å². The van der Waals surface area contributed by atoms with Gasteiger partial charge >= 0.3 is 16.3 Å². The third-order valence-electron chi connectivity index (χ3n) is 4.89. The van der Waals surface area contributed by atoms with E-state index in [0.717, 1.165) is 0 Å². The lowest BCUT2D eigenvalue weighted by atomic mass is 9.83. The van der Waals surface area contributed by atoms with Gasteiger partial charge in [0.2, 0.25) is 0 Å². The summed E-state index contributed by atoms with van der Waals surface area (Å²) >= 11 is 0. The number of hydrogen-bond acceptors (Lipinski definition) is 3. The summed E-state index contributed by atoms with van der Waals surface area (Å²) in [4.78, 5) is 12.6. The van der Waals surface area contributed by atoms with Gasteiger partial charge in [-0.2, -0.15) is 12.7 Å². The highest BCUT2D eigenvalue weighted by atomic mass is 32.2. The van der Waals surface area contributed by atoms with Crippen LogP contribution < -0.4 is 4.31 Å². The average Bonchev–Trinajstić information content (AvgIpc) is 2.64. The molecule has 2 fully saturated rings. The van der Waals surface area contributed by atoms with Gasteiger partial charge in [-0.25, -0.2) is 13.5 Å². The smallest absolute Gasteiger partial charge is 0.407 e. The van der Waals surface area contributed by atoms with Crippen LogP contribution in [-0.4, -0.2) is 60.5 Å². The molecule has 2 aliphatic heterocycles. The molecule has 2 aliphatic rings. The molecule has 1 aromatic rings. The molecule has 7 nitrogen and oxygen atoms in total. The summed E-state index contributed by atoms with van der Waals surface area (Å²) in [5.41, 5.74) is -0.498. The zero-order valence-corrected chi connectivity index (χ0v) is 14.3. The molecule has 2 heterocycles. The molecule has 1 N–H and O–H groups in total. The molecule has 1 aromatic carbocycles. The number of carboxylic acid groups (broad SMARTS) is 1. The summed E-state index contributed by atoms with van der Waals surface area (Å²) in [6.45, 7) is 2.26. The van der Waals surface area contributed by atoms with E-state index in [9.17, 15) is 22.7 Å². The highest BCUT2D eigenvalue weighted by Gasteiger charge is 2.56. The Morgan fingerprint density at radius 2 is 2.12 bits per heavy atom. The second-order valence-corrected chi connectivity index (χ2v) is 8.40. The first-order valence-corrected chi connectivity index (χ1v) is 9.09. The summed E-state index contributed by atoms with van der Waals surface area (Å²) in [6.07, 6.45) is -0.285. The Balaban J connectivity index is 2.05. The van der Waals surface area contributed by atoms with Crippen molar-refractivity contribution in [1.29, 1.82) is 0 Å². The Morgan fingerprint density at radius 1 is 1.42 bits per heavy atom. The maximum Gasteiger partial charge on any atom is 0.407 e. The number of carbonyl (C=O) groups is 1. The predicted octanol–water partition coefficient (Wildman–Crippen LogP) is 1.72. The second-order valence-electron chi connectivity index (χ2n) is 6.51. The standard InChI is InChI=1S/C15H20FN3O4S/c1-11-9-15(6-7-18(11)14(20)21)10-17(2)24(22,23)19(15)13-5-3-4-12(16)8-13/h3-5,8,11H,6-7,9-10H2,1-2H3,(H,20,21). The van der Waals surface area contributed by atoms with Gasteiger partial charge in [0.15, 0.2) is 0 Å². The third-order valence-corrected chi connectivity index (χ3v) is 6.86. The van der Waals surface area contributed by atoms with Crippen molar-refractivity contribution in [2.75, 3.05) is 24.4 Å². The van der Waals surface area contributed by atoms with E-state index in [-0.39, 0.29) is 24.8 Å². The van der Waals surface area contributed by atoms with Crippen molar-refractivity contribution in [3.63, 3.8) is 0 Å². The first-order valence-electron chi connectivity index (χ1n) is 7.69. The van der Waals surface area contributed by atoms with Crippen molar-refractivity contribution in [3.8, 4) is 0 Å². The quantitative estimate of drug-likeness (QED) is 0.830. The highest BCUT2D eigenvalue weighted by Crippen LogP contribution is 2.43. The van der Waals surface area contributed by atoms with Crippen LogP contribution in [0.5, 0.6) is 0 Å². The van der Waals surface area contributed by atoms with E-state index < -0.39 is 27.7 Å². The number of anilines is 1. The van der Waals surface area contributed by atoms with E-state index in [2.05, 4.69) is 0 Å². The molecular weight excluding hydrogens is 337 g/mol. The Hall–Kier alpha value is -1.87. The molecule has 0 saturated carbocycles. The Labute approximate surface area is 140 Å². The van der Waals surface area contributed by atoms with Crippen molar-refractivity contribution in [2.45, 2.75) is 31.3 Å². The Bertz CT molecular complexity index is 772. The van der Waals surface area contributed by atoms with E-state index >= 15 is 0 Å². The SMILES string of the molecule is CC1CC2(CCN1C(=O)O)CN(C)S(=O)(=O)N2c1cccc(F)c1. The number of rotatable bonds is 1. The fraction of sp³-hybridized carbons (Fsp3) is 0.533. The van der Waals surface area contributed by atoms with Crippen LogP contribution in [0.1, 0.15) is 19.8 Å². The summed E-state index contributed by atoms with van der Waals surface area (Å²) in [5.74, 6) is -0.511. The van der Waals surface area contributed by atoms with E-state index in [0.29, 0.717) is 12.8 Å². The van der Waals surface area contributed by atoms with E-state index in [1.807, 2.05) is 0 Å². The van der Waals surface area contributed by atoms with Crippen LogP contribution in [0.25, 0.3) is 0 Å². The fourth-order valence-corrected chi connectivity index (χ4v) is 5.65. The number of amides is 1. The van der Waals surface area contributed by atoms with Gasteiger partial charge in [0.05, 0.1) is 11.2 Å². The van der Waals surface area contributed by atoms with Gasteiger partial charge in [0.25, 0.3) is 0 Å². The van der Waals surface area contributed by atoms with Crippen LogP contribution >= 0.6 is 0 Å². The van der Waals surface area contributed by atoms with Crippen molar-refractivity contribution in [1.82, 2.24) is 9.21 Å². The summed E-state index contributed by atoms with van der Waals surface area (Å²) in [5, 5.41) is 9.25. The zero-order chi connectivity index (χ0) is 17.7. The van der Waals surface area contributed by atoms with E-state index in [1.54, 1.807) is 13.0 Å². The van der Waals surface area contributed by atoms with Gasteiger partial charge < -0.3 is 10.0 Å². The Kier molecular flexibility index (Phi) is 3.95.